The molecule has 0 saturated carbocycles. The molecule has 0 aliphatic carbocycles. The molecule has 3 rings (SSSR count). The van der Waals surface area contributed by atoms with Gasteiger partial charge in [0.15, 0.2) is 11.4 Å². The molecular formula is C17H15NO3. The van der Waals surface area contributed by atoms with Crippen molar-refractivity contribution in [3.8, 4) is 0 Å². The Morgan fingerprint density at radius 1 is 1.10 bits per heavy atom. The Morgan fingerprint density at radius 3 is 2.43 bits per heavy atom. The van der Waals surface area contributed by atoms with Gasteiger partial charge >= 0.3 is 0 Å². The maximum atomic E-state index is 12.4. The summed E-state index contributed by atoms with van der Waals surface area (Å²) in [6.45, 7) is 0. The molecule has 4 nitrogen and oxygen atoms in total. The first kappa shape index (κ1) is 13.5. The van der Waals surface area contributed by atoms with E-state index in [0.717, 1.165) is 0 Å². The van der Waals surface area contributed by atoms with E-state index >= 15 is 0 Å². The van der Waals surface area contributed by atoms with Crippen LogP contribution in [0.3, 0.4) is 0 Å². The summed E-state index contributed by atoms with van der Waals surface area (Å²) in [6, 6.07) is 15.7. The fourth-order valence-corrected chi connectivity index (χ4v) is 2.75. The van der Waals surface area contributed by atoms with Crippen LogP contribution in [0.5, 0.6) is 0 Å². The van der Waals surface area contributed by atoms with Crippen LogP contribution in [0.15, 0.2) is 54.6 Å². The van der Waals surface area contributed by atoms with Gasteiger partial charge < -0.3 is 10.0 Å². The number of nitrogens with zero attached hydrogens (tertiary/aromatic N) is 1. The average Bonchev–Trinajstić information content (AvgIpc) is 2.71. The van der Waals surface area contributed by atoms with Crippen molar-refractivity contribution in [2.24, 2.45) is 0 Å². The highest BCUT2D eigenvalue weighted by Gasteiger charge is 2.49. The molecule has 1 atom stereocenters. The number of benzene rings is 2. The lowest BCUT2D eigenvalue weighted by Gasteiger charge is -2.21. The highest BCUT2D eigenvalue weighted by molar-refractivity contribution is 6.10. The number of amides is 1. The minimum Gasteiger partial charge on any atom is -0.375 e. The number of anilines is 1. The summed E-state index contributed by atoms with van der Waals surface area (Å²) in [7, 11) is 1.60. The summed E-state index contributed by atoms with van der Waals surface area (Å²) in [5.74, 6) is -0.718. The van der Waals surface area contributed by atoms with E-state index in [4.69, 9.17) is 0 Å². The number of aliphatic hydroxyl groups is 1. The van der Waals surface area contributed by atoms with Gasteiger partial charge in [0.2, 0.25) is 0 Å². The SMILES string of the molecule is CN1C(=O)[C@](O)(CC(=O)c2ccccc2)c2ccccc21. The zero-order valence-corrected chi connectivity index (χ0v) is 11.6. The summed E-state index contributed by atoms with van der Waals surface area (Å²) >= 11 is 0. The minimum atomic E-state index is -1.78. The predicted molar refractivity (Wildman–Crippen MR) is 79.1 cm³/mol. The Balaban J connectivity index is 1.98. The molecule has 0 saturated heterocycles. The van der Waals surface area contributed by atoms with Crippen LogP contribution in [0.25, 0.3) is 0 Å². The van der Waals surface area contributed by atoms with Crippen LogP contribution >= 0.6 is 0 Å². The van der Waals surface area contributed by atoms with Crippen LogP contribution in [0, 0.1) is 0 Å². The third-order valence-electron chi connectivity index (χ3n) is 3.88. The zero-order chi connectivity index (χ0) is 15.0. The molecule has 106 valence electrons. The molecule has 1 aliphatic heterocycles. The first-order chi connectivity index (χ1) is 10.0. The number of hydrogen-bond donors (Lipinski definition) is 1. The first-order valence-corrected chi connectivity index (χ1v) is 6.72. The second-order valence-electron chi connectivity index (χ2n) is 5.21. The van der Waals surface area contributed by atoms with E-state index < -0.39 is 11.5 Å². The molecule has 1 amide bonds. The molecule has 0 aromatic heterocycles. The van der Waals surface area contributed by atoms with Gasteiger partial charge in [0.1, 0.15) is 0 Å². The highest BCUT2D eigenvalue weighted by Crippen LogP contribution is 2.41. The molecule has 2 aromatic carbocycles. The molecule has 0 fully saturated rings. The van der Waals surface area contributed by atoms with Gasteiger partial charge in [0.25, 0.3) is 5.91 Å². The van der Waals surface area contributed by atoms with Crippen molar-refractivity contribution in [1.82, 2.24) is 0 Å². The van der Waals surface area contributed by atoms with Crippen LogP contribution in [-0.2, 0) is 10.4 Å². The van der Waals surface area contributed by atoms with Crippen LogP contribution in [0.1, 0.15) is 22.3 Å². The quantitative estimate of drug-likeness (QED) is 0.877. The average molecular weight is 281 g/mol. The van der Waals surface area contributed by atoms with E-state index in [0.29, 0.717) is 16.8 Å². The second kappa shape index (κ2) is 4.82. The van der Waals surface area contributed by atoms with Gasteiger partial charge in [0, 0.05) is 18.2 Å². The summed E-state index contributed by atoms with van der Waals surface area (Å²) in [5.41, 5.74) is -0.156. The highest BCUT2D eigenvalue weighted by atomic mass is 16.3. The number of fused-ring (bicyclic) bond motifs is 1. The summed E-state index contributed by atoms with van der Waals surface area (Å²) in [6.07, 6.45) is -0.253. The summed E-state index contributed by atoms with van der Waals surface area (Å²) in [5, 5.41) is 10.8. The number of rotatable bonds is 3. The topological polar surface area (TPSA) is 57.6 Å². The fourth-order valence-electron chi connectivity index (χ4n) is 2.75. The standard InChI is InChI=1S/C17H15NO3/c1-18-14-10-6-5-9-13(14)17(21,16(18)20)11-15(19)12-7-3-2-4-8-12/h2-10,21H,11H2,1H3/t17-/m0/s1. The number of Topliss-reactive ketones (excluding diaryl/α,β-unsaturated/α-hetero) is 1. The third-order valence-corrected chi connectivity index (χ3v) is 3.88. The molecule has 21 heavy (non-hydrogen) atoms. The van der Waals surface area contributed by atoms with Crippen molar-refractivity contribution in [1.29, 1.82) is 0 Å². The van der Waals surface area contributed by atoms with Crippen LogP contribution in [-0.4, -0.2) is 23.8 Å². The Morgan fingerprint density at radius 2 is 1.71 bits per heavy atom. The molecule has 0 spiro atoms. The normalized spacial score (nSPS) is 20.5. The Bertz CT molecular complexity index is 711. The van der Waals surface area contributed by atoms with Crippen molar-refractivity contribution in [2.45, 2.75) is 12.0 Å². The molecule has 1 heterocycles. The van der Waals surface area contributed by atoms with Gasteiger partial charge in [-0.2, -0.15) is 0 Å². The summed E-state index contributed by atoms with van der Waals surface area (Å²) in [4.78, 5) is 26.1. The second-order valence-corrected chi connectivity index (χ2v) is 5.21. The molecular weight excluding hydrogens is 266 g/mol. The molecule has 0 radical (unpaired) electrons. The number of hydrogen-bond acceptors (Lipinski definition) is 3. The van der Waals surface area contributed by atoms with Crippen molar-refractivity contribution in [3.63, 3.8) is 0 Å². The lowest BCUT2D eigenvalue weighted by atomic mass is 9.88. The van der Waals surface area contributed by atoms with E-state index in [1.54, 1.807) is 55.6 Å². The number of likely N-dealkylation sites (N-methyl/N-ethyl adjacent to an activating group) is 1. The van der Waals surface area contributed by atoms with Crippen LogP contribution in [0.2, 0.25) is 0 Å². The zero-order valence-electron chi connectivity index (χ0n) is 11.6. The molecule has 2 aromatic rings. The maximum absolute atomic E-state index is 12.4. The Labute approximate surface area is 122 Å². The molecule has 0 bridgehead atoms. The predicted octanol–water partition coefficient (Wildman–Crippen LogP) is 2.12. The van der Waals surface area contributed by atoms with Crippen molar-refractivity contribution < 1.29 is 14.7 Å². The first-order valence-electron chi connectivity index (χ1n) is 6.72. The van der Waals surface area contributed by atoms with Gasteiger partial charge in [0.05, 0.1) is 12.1 Å². The largest absolute Gasteiger partial charge is 0.375 e. The van der Waals surface area contributed by atoms with Crippen molar-refractivity contribution in [2.75, 3.05) is 11.9 Å². The van der Waals surface area contributed by atoms with Crippen LogP contribution in [0.4, 0.5) is 5.69 Å². The fraction of sp³-hybridized carbons (Fsp3) is 0.176. The monoisotopic (exact) mass is 281 g/mol. The van der Waals surface area contributed by atoms with Gasteiger partial charge in [-0.05, 0) is 6.07 Å². The number of carbonyl (C=O) groups is 2. The van der Waals surface area contributed by atoms with E-state index in [1.807, 2.05) is 6.07 Å². The third kappa shape index (κ3) is 2.04. The smallest absolute Gasteiger partial charge is 0.263 e. The number of ketones is 1. The van der Waals surface area contributed by atoms with Crippen LogP contribution < -0.4 is 4.90 Å². The molecule has 1 N–H and O–H groups in total. The summed E-state index contributed by atoms with van der Waals surface area (Å²) < 4.78 is 0. The van der Waals surface area contributed by atoms with Gasteiger partial charge in [-0.1, -0.05) is 48.5 Å². The Hall–Kier alpha value is -2.46. The van der Waals surface area contributed by atoms with Crippen molar-refractivity contribution >= 4 is 17.4 Å². The van der Waals surface area contributed by atoms with E-state index in [2.05, 4.69) is 0 Å². The Kier molecular flexibility index (Phi) is 3.11. The minimum absolute atomic E-state index is 0.253. The van der Waals surface area contributed by atoms with Gasteiger partial charge in [-0.3, -0.25) is 9.59 Å². The number of carbonyl (C=O) groups excluding carboxylic acids is 2. The lowest BCUT2D eigenvalue weighted by molar-refractivity contribution is -0.135. The maximum Gasteiger partial charge on any atom is 0.263 e. The molecule has 0 unspecified atom stereocenters. The number of para-hydroxylation sites is 1. The van der Waals surface area contributed by atoms with Crippen molar-refractivity contribution in [3.05, 3.63) is 65.7 Å². The molecule has 4 heteroatoms. The van der Waals surface area contributed by atoms with Gasteiger partial charge in [-0.15, -0.1) is 0 Å². The lowest BCUT2D eigenvalue weighted by Crippen LogP contribution is -2.40. The van der Waals surface area contributed by atoms with E-state index in [9.17, 15) is 14.7 Å². The van der Waals surface area contributed by atoms with Gasteiger partial charge in [-0.25, -0.2) is 0 Å². The van der Waals surface area contributed by atoms with E-state index in [1.165, 1.54) is 4.90 Å². The molecule has 1 aliphatic rings. The van der Waals surface area contributed by atoms with E-state index in [-0.39, 0.29) is 12.2 Å².